The minimum atomic E-state index is -0.545. The number of halogens is 3. The lowest BCUT2D eigenvalue weighted by atomic mass is 10.1. The maximum absolute atomic E-state index is 14.2. The summed E-state index contributed by atoms with van der Waals surface area (Å²) in [5.41, 5.74) is 6.25. The van der Waals surface area contributed by atoms with E-state index in [-0.39, 0.29) is 16.3 Å². The molecule has 0 atom stereocenters. The van der Waals surface area contributed by atoms with Crippen LogP contribution in [0.25, 0.3) is 11.3 Å². The van der Waals surface area contributed by atoms with Crippen LogP contribution in [0.1, 0.15) is 12.6 Å². The average Bonchev–Trinajstić information content (AvgIpc) is 2.47. The maximum atomic E-state index is 14.2. The van der Waals surface area contributed by atoms with Gasteiger partial charge in [-0.2, -0.15) is 0 Å². The first-order chi connectivity index (χ1) is 10.4. The lowest BCUT2D eigenvalue weighted by Crippen LogP contribution is -2.13. The summed E-state index contributed by atoms with van der Waals surface area (Å²) in [5.74, 6) is -0.987. The molecule has 0 aliphatic carbocycles. The lowest BCUT2D eigenvalue weighted by Gasteiger charge is -2.10. The van der Waals surface area contributed by atoms with Crippen LogP contribution in [-0.2, 0) is 11.2 Å². The Hall–Kier alpha value is -1.37. The number of thioether (sulfide) groups is 1. The quantitative estimate of drug-likeness (QED) is 0.825. The van der Waals surface area contributed by atoms with E-state index in [0.29, 0.717) is 27.7 Å². The number of aryl methyl sites for hydroxylation is 1. The van der Waals surface area contributed by atoms with E-state index in [1.165, 1.54) is 18.5 Å². The monoisotopic (exact) mass is 359 g/mol. The fourth-order valence-electron chi connectivity index (χ4n) is 1.81. The van der Waals surface area contributed by atoms with Crippen molar-refractivity contribution in [2.75, 3.05) is 5.75 Å². The van der Waals surface area contributed by atoms with E-state index in [9.17, 15) is 9.18 Å². The molecule has 0 unspecified atom stereocenters. The molecule has 0 radical (unpaired) electrons. The van der Waals surface area contributed by atoms with Crippen LogP contribution in [0.2, 0.25) is 10.0 Å². The number of amides is 1. The maximum Gasteiger partial charge on any atom is 0.227 e. The van der Waals surface area contributed by atoms with Gasteiger partial charge in [0, 0.05) is 10.5 Å². The molecule has 1 heterocycles. The number of rotatable bonds is 5. The fraction of sp³-hybridized carbons (Fsp3) is 0.214. The second-order valence-electron chi connectivity index (χ2n) is 4.35. The highest BCUT2D eigenvalue weighted by Gasteiger charge is 2.17. The summed E-state index contributed by atoms with van der Waals surface area (Å²) in [6.45, 7) is 1.89. The molecule has 2 aromatic rings. The summed E-state index contributed by atoms with van der Waals surface area (Å²) in [7, 11) is 0. The van der Waals surface area contributed by atoms with Gasteiger partial charge in [0.25, 0.3) is 0 Å². The Bertz CT molecular complexity index is 727. The van der Waals surface area contributed by atoms with E-state index in [0.717, 1.165) is 11.8 Å². The van der Waals surface area contributed by atoms with Gasteiger partial charge in [-0.25, -0.2) is 14.4 Å². The van der Waals surface area contributed by atoms with Crippen molar-refractivity contribution in [2.45, 2.75) is 18.2 Å². The number of primary amides is 1. The molecule has 0 saturated carbocycles. The molecule has 0 aliphatic rings. The smallest absolute Gasteiger partial charge is 0.227 e. The molecule has 4 nitrogen and oxygen atoms in total. The highest BCUT2D eigenvalue weighted by atomic mass is 35.5. The molecule has 0 bridgehead atoms. The highest BCUT2D eigenvalue weighted by Crippen LogP contribution is 2.36. The number of nitrogens with zero attached hydrogens (tertiary/aromatic N) is 2. The molecule has 2 N–H and O–H groups in total. The molecule has 0 fully saturated rings. The Labute approximate surface area is 141 Å². The molecule has 0 aliphatic heterocycles. The Balaban J connectivity index is 2.51. The van der Waals surface area contributed by atoms with Crippen molar-refractivity contribution >= 4 is 40.9 Å². The van der Waals surface area contributed by atoms with Crippen LogP contribution in [0.5, 0.6) is 0 Å². The predicted molar refractivity (Wildman–Crippen MR) is 86.7 cm³/mol. The summed E-state index contributed by atoms with van der Waals surface area (Å²) in [6.07, 6.45) is 1.94. The molecule has 1 aromatic carbocycles. The van der Waals surface area contributed by atoms with Gasteiger partial charge in [-0.05, 0) is 18.6 Å². The van der Waals surface area contributed by atoms with Crippen molar-refractivity contribution in [1.29, 1.82) is 0 Å². The Morgan fingerprint density at radius 3 is 2.73 bits per heavy atom. The van der Waals surface area contributed by atoms with Crippen molar-refractivity contribution < 1.29 is 9.18 Å². The van der Waals surface area contributed by atoms with Gasteiger partial charge in [-0.3, -0.25) is 4.79 Å². The molecule has 22 heavy (non-hydrogen) atoms. The average molecular weight is 360 g/mol. The third-order valence-electron chi connectivity index (χ3n) is 2.84. The zero-order chi connectivity index (χ0) is 16.3. The van der Waals surface area contributed by atoms with Crippen molar-refractivity contribution in [3.05, 3.63) is 40.0 Å². The molecular weight excluding hydrogens is 348 g/mol. The molecular formula is C14H12Cl2FN3OS. The Kier molecular flexibility index (Phi) is 5.61. The lowest BCUT2D eigenvalue weighted by molar-refractivity contribution is -0.115. The number of hydrogen-bond acceptors (Lipinski definition) is 4. The van der Waals surface area contributed by atoms with Crippen LogP contribution in [0.4, 0.5) is 4.39 Å². The number of benzene rings is 1. The Morgan fingerprint density at radius 1 is 1.36 bits per heavy atom. The first-order valence-electron chi connectivity index (χ1n) is 6.34. The Morgan fingerprint density at radius 2 is 2.09 bits per heavy atom. The van der Waals surface area contributed by atoms with Gasteiger partial charge in [0.1, 0.15) is 12.1 Å². The number of aromatic nitrogens is 2. The largest absolute Gasteiger partial charge is 0.369 e. The molecule has 8 heteroatoms. The standard InChI is InChI=1S/C14H12Cl2FN3OS/c1-2-10-13(16)14(20-6-19-10)7-3-11(22-5-12(18)21)8(15)4-9(7)17/h3-4,6H,2,5H2,1H3,(H2,18,21). The number of hydrogen-bond donors (Lipinski definition) is 1. The van der Waals surface area contributed by atoms with Crippen LogP contribution >= 0.6 is 35.0 Å². The van der Waals surface area contributed by atoms with Crippen molar-refractivity contribution in [3.8, 4) is 11.3 Å². The summed E-state index contributed by atoms with van der Waals surface area (Å²) in [5, 5.41) is 0.505. The number of carbonyl (C=O) groups is 1. The van der Waals surface area contributed by atoms with Gasteiger partial charge < -0.3 is 5.73 Å². The van der Waals surface area contributed by atoms with Gasteiger partial charge in [0.15, 0.2) is 0 Å². The zero-order valence-electron chi connectivity index (χ0n) is 11.6. The summed E-state index contributed by atoms with van der Waals surface area (Å²) < 4.78 is 14.2. The van der Waals surface area contributed by atoms with Gasteiger partial charge in [0.2, 0.25) is 5.91 Å². The van der Waals surface area contributed by atoms with Crippen molar-refractivity contribution in [3.63, 3.8) is 0 Å². The van der Waals surface area contributed by atoms with Gasteiger partial charge in [0.05, 0.1) is 27.2 Å². The van der Waals surface area contributed by atoms with E-state index in [1.54, 1.807) is 0 Å². The van der Waals surface area contributed by atoms with Crippen LogP contribution in [0.3, 0.4) is 0 Å². The molecule has 0 saturated heterocycles. The van der Waals surface area contributed by atoms with E-state index in [2.05, 4.69) is 9.97 Å². The van der Waals surface area contributed by atoms with E-state index in [1.807, 2.05) is 6.92 Å². The molecule has 0 spiro atoms. The minimum absolute atomic E-state index is 0.0442. The summed E-state index contributed by atoms with van der Waals surface area (Å²) in [6, 6.07) is 2.68. The summed E-state index contributed by atoms with van der Waals surface area (Å²) in [4.78, 5) is 19.5. The van der Waals surface area contributed by atoms with E-state index < -0.39 is 11.7 Å². The molecule has 116 valence electrons. The van der Waals surface area contributed by atoms with Gasteiger partial charge in [-0.15, -0.1) is 11.8 Å². The fourth-order valence-corrected chi connectivity index (χ4v) is 3.15. The second kappa shape index (κ2) is 7.26. The van der Waals surface area contributed by atoms with E-state index >= 15 is 0 Å². The third kappa shape index (κ3) is 3.69. The SMILES string of the molecule is CCc1ncnc(-c2cc(SCC(N)=O)c(Cl)cc2F)c1Cl. The van der Waals surface area contributed by atoms with Crippen LogP contribution in [-0.4, -0.2) is 21.6 Å². The van der Waals surface area contributed by atoms with Crippen molar-refractivity contribution in [2.24, 2.45) is 5.73 Å². The number of nitrogens with two attached hydrogens (primary N) is 1. The summed E-state index contributed by atoms with van der Waals surface area (Å²) >= 11 is 13.4. The van der Waals surface area contributed by atoms with Crippen LogP contribution in [0, 0.1) is 5.82 Å². The predicted octanol–water partition coefficient (Wildman–Crippen LogP) is 3.73. The van der Waals surface area contributed by atoms with Crippen LogP contribution < -0.4 is 5.73 Å². The number of carbonyl (C=O) groups excluding carboxylic acids is 1. The first kappa shape index (κ1) is 17.0. The third-order valence-corrected chi connectivity index (χ3v) is 4.74. The second-order valence-corrected chi connectivity index (χ2v) is 6.16. The minimum Gasteiger partial charge on any atom is -0.369 e. The zero-order valence-corrected chi connectivity index (χ0v) is 13.9. The van der Waals surface area contributed by atoms with Crippen LogP contribution in [0.15, 0.2) is 23.4 Å². The van der Waals surface area contributed by atoms with E-state index in [4.69, 9.17) is 28.9 Å². The normalized spacial score (nSPS) is 10.7. The van der Waals surface area contributed by atoms with Gasteiger partial charge >= 0.3 is 0 Å². The molecule has 2 rings (SSSR count). The van der Waals surface area contributed by atoms with Crippen molar-refractivity contribution in [1.82, 2.24) is 9.97 Å². The van der Waals surface area contributed by atoms with Gasteiger partial charge in [-0.1, -0.05) is 30.1 Å². The molecule has 1 amide bonds. The first-order valence-corrected chi connectivity index (χ1v) is 8.08. The topological polar surface area (TPSA) is 68.9 Å². The highest BCUT2D eigenvalue weighted by molar-refractivity contribution is 8.00. The molecule has 1 aromatic heterocycles.